The van der Waals surface area contributed by atoms with Gasteiger partial charge in [0.1, 0.15) is 11.6 Å². The second-order valence-electron chi connectivity index (χ2n) is 7.22. The Hall–Kier alpha value is -3.18. The van der Waals surface area contributed by atoms with Crippen LogP contribution in [0.1, 0.15) is 11.3 Å². The third kappa shape index (κ3) is 3.75. The van der Waals surface area contributed by atoms with Gasteiger partial charge in [0.25, 0.3) is 0 Å². The van der Waals surface area contributed by atoms with Gasteiger partial charge in [-0.3, -0.25) is 0 Å². The molecule has 4 aromatic rings. The Kier molecular flexibility index (Phi) is 5.08. The van der Waals surface area contributed by atoms with Crippen LogP contribution in [-0.2, 0) is 13.1 Å². The van der Waals surface area contributed by atoms with Gasteiger partial charge in [-0.25, -0.2) is 9.97 Å². The molecular formula is C23H24N4O. The molecule has 2 aromatic carbocycles. The number of hydrogen-bond donors (Lipinski definition) is 0. The summed E-state index contributed by atoms with van der Waals surface area (Å²) in [6.45, 7) is 1.48. The minimum absolute atomic E-state index is 0.646. The number of para-hydroxylation sites is 1. The number of aromatic nitrogens is 2. The summed E-state index contributed by atoms with van der Waals surface area (Å²) < 4.78 is 5.52. The predicted octanol–water partition coefficient (Wildman–Crippen LogP) is 4.59. The molecule has 0 aliphatic carbocycles. The molecule has 0 aliphatic heterocycles. The highest BCUT2D eigenvalue weighted by molar-refractivity contribution is 5.91. The predicted molar refractivity (Wildman–Crippen MR) is 113 cm³/mol. The Morgan fingerprint density at radius 2 is 1.61 bits per heavy atom. The molecule has 0 atom stereocenters. The van der Waals surface area contributed by atoms with E-state index in [4.69, 9.17) is 14.4 Å². The van der Waals surface area contributed by atoms with E-state index in [1.807, 2.05) is 43.4 Å². The summed E-state index contributed by atoms with van der Waals surface area (Å²) in [4.78, 5) is 14.1. The number of hydrogen-bond acceptors (Lipinski definition) is 5. The lowest BCUT2D eigenvalue weighted by Crippen LogP contribution is -2.18. The van der Waals surface area contributed by atoms with Crippen molar-refractivity contribution in [2.75, 3.05) is 26.0 Å². The minimum Gasteiger partial charge on any atom is -0.467 e. The van der Waals surface area contributed by atoms with E-state index in [2.05, 4.69) is 48.2 Å². The van der Waals surface area contributed by atoms with Crippen LogP contribution in [0, 0.1) is 0 Å². The summed E-state index contributed by atoms with van der Waals surface area (Å²) in [5, 5.41) is 1.03. The van der Waals surface area contributed by atoms with Crippen molar-refractivity contribution in [2.45, 2.75) is 13.1 Å². The molecule has 2 heterocycles. The summed E-state index contributed by atoms with van der Waals surface area (Å²) in [6.07, 6.45) is 1.70. The molecule has 0 bridgehead atoms. The van der Waals surface area contributed by atoms with Crippen LogP contribution in [0.4, 0.5) is 5.82 Å². The fourth-order valence-electron chi connectivity index (χ4n) is 3.40. The smallest absolute Gasteiger partial charge is 0.162 e. The highest BCUT2D eigenvalue weighted by Gasteiger charge is 2.16. The molecule has 0 N–H and O–H groups in total. The summed E-state index contributed by atoms with van der Waals surface area (Å²) in [6, 6.07) is 20.4. The number of rotatable bonds is 6. The maximum absolute atomic E-state index is 5.52. The van der Waals surface area contributed by atoms with Gasteiger partial charge in [-0.15, -0.1) is 0 Å². The quantitative estimate of drug-likeness (QED) is 0.495. The van der Waals surface area contributed by atoms with Crippen LogP contribution >= 0.6 is 0 Å². The van der Waals surface area contributed by atoms with Gasteiger partial charge < -0.3 is 14.2 Å². The van der Waals surface area contributed by atoms with Gasteiger partial charge in [-0.2, -0.15) is 0 Å². The molecule has 0 aliphatic rings. The average Bonchev–Trinajstić information content (AvgIpc) is 3.20. The zero-order valence-corrected chi connectivity index (χ0v) is 16.5. The van der Waals surface area contributed by atoms with E-state index in [-0.39, 0.29) is 0 Å². The molecule has 0 spiro atoms. The zero-order chi connectivity index (χ0) is 19.5. The number of benzene rings is 2. The van der Waals surface area contributed by atoms with Gasteiger partial charge >= 0.3 is 0 Å². The standard InChI is InChI=1S/C23H24N4O/c1-26(2)15-17-9-4-5-11-19(17)22-24-21-13-7-6-12-20(21)23(25-22)27(3)16-18-10-8-14-28-18/h4-14H,15-16H2,1-3H3. The first-order valence-corrected chi connectivity index (χ1v) is 9.35. The molecule has 5 heteroatoms. The molecule has 0 fully saturated rings. The number of furan rings is 1. The van der Waals surface area contributed by atoms with E-state index >= 15 is 0 Å². The van der Waals surface area contributed by atoms with Crippen LogP contribution in [0.2, 0.25) is 0 Å². The Bertz CT molecular complexity index is 1070. The Morgan fingerprint density at radius 1 is 0.821 bits per heavy atom. The average molecular weight is 372 g/mol. The third-order valence-electron chi connectivity index (χ3n) is 4.66. The van der Waals surface area contributed by atoms with Crippen molar-refractivity contribution in [1.29, 1.82) is 0 Å². The van der Waals surface area contributed by atoms with Crippen molar-refractivity contribution in [1.82, 2.24) is 14.9 Å². The first-order chi connectivity index (χ1) is 13.6. The fourth-order valence-corrected chi connectivity index (χ4v) is 3.40. The van der Waals surface area contributed by atoms with Crippen LogP contribution in [0.15, 0.2) is 71.3 Å². The van der Waals surface area contributed by atoms with E-state index < -0.39 is 0 Å². The fraction of sp³-hybridized carbons (Fsp3) is 0.217. The van der Waals surface area contributed by atoms with Gasteiger partial charge in [0.05, 0.1) is 18.3 Å². The van der Waals surface area contributed by atoms with Gasteiger partial charge in [0.15, 0.2) is 5.82 Å². The topological polar surface area (TPSA) is 45.4 Å². The van der Waals surface area contributed by atoms with Crippen molar-refractivity contribution in [3.05, 3.63) is 78.3 Å². The molecule has 0 amide bonds. The molecule has 0 unspecified atom stereocenters. The van der Waals surface area contributed by atoms with Crippen LogP contribution < -0.4 is 4.90 Å². The molecule has 0 saturated carbocycles. The molecule has 5 nitrogen and oxygen atoms in total. The molecule has 4 rings (SSSR count). The van der Waals surface area contributed by atoms with E-state index in [1.54, 1.807) is 6.26 Å². The van der Waals surface area contributed by atoms with Crippen LogP contribution in [0.25, 0.3) is 22.3 Å². The van der Waals surface area contributed by atoms with Crippen molar-refractivity contribution >= 4 is 16.7 Å². The largest absolute Gasteiger partial charge is 0.467 e. The first kappa shape index (κ1) is 18.2. The van der Waals surface area contributed by atoms with Gasteiger partial charge in [0.2, 0.25) is 0 Å². The molecule has 0 radical (unpaired) electrons. The van der Waals surface area contributed by atoms with Crippen LogP contribution in [0.3, 0.4) is 0 Å². The van der Waals surface area contributed by atoms with Crippen molar-refractivity contribution < 1.29 is 4.42 Å². The van der Waals surface area contributed by atoms with Gasteiger partial charge in [-0.05, 0) is 43.9 Å². The molecule has 2 aromatic heterocycles. The van der Waals surface area contributed by atoms with E-state index in [0.29, 0.717) is 6.54 Å². The summed E-state index contributed by atoms with van der Waals surface area (Å²) in [7, 11) is 6.17. The van der Waals surface area contributed by atoms with Crippen molar-refractivity contribution in [2.24, 2.45) is 0 Å². The van der Waals surface area contributed by atoms with Crippen molar-refractivity contribution in [3.63, 3.8) is 0 Å². The molecule has 0 saturated heterocycles. The maximum Gasteiger partial charge on any atom is 0.162 e. The monoisotopic (exact) mass is 372 g/mol. The summed E-state index contributed by atoms with van der Waals surface area (Å²) in [5.41, 5.74) is 3.21. The minimum atomic E-state index is 0.646. The maximum atomic E-state index is 5.52. The molecular weight excluding hydrogens is 348 g/mol. The van der Waals surface area contributed by atoms with E-state index in [0.717, 1.165) is 40.4 Å². The summed E-state index contributed by atoms with van der Waals surface area (Å²) in [5.74, 6) is 2.55. The SMILES string of the molecule is CN(C)Cc1ccccc1-c1nc(N(C)Cc2ccco2)c2ccccc2n1. The van der Waals surface area contributed by atoms with Crippen LogP contribution in [0.5, 0.6) is 0 Å². The Balaban J connectivity index is 1.83. The number of nitrogens with zero attached hydrogens (tertiary/aromatic N) is 4. The Labute approximate surface area is 165 Å². The lowest BCUT2D eigenvalue weighted by atomic mass is 10.1. The van der Waals surface area contributed by atoms with Gasteiger partial charge in [0, 0.05) is 24.5 Å². The highest BCUT2D eigenvalue weighted by atomic mass is 16.3. The second kappa shape index (κ2) is 7.82. The highest BCUT2D eigenvalue weighted by Crippen LogP contribution is 2.29. The number of anilines is 1. The van der Waals surface area contributed by atoms with Crippen LogP contribution in [-0.4, -0.2) is 36.0 Å². The molecule has 28 heavy (non-hydrogen) atoms. The van der Waals surface area contributed by atoms with Crippen molar-refractivity contribution in [3.8, 4) is 11.4 Å². The lowest BCUT2D eigenvalue weighted by molar-refractivity contribution is 0.403. The van der Waals surface area contributed by atoms with Gasteiger partial charge in [-0.1, -0.05) is 36.4 Å². The van der Waals surface area contributed by atoms with E-state index in [9.17, 15) is 0 Å². The first-order valence-electron chi connectivity index (χ1n) is 9.35. The normalized spacial score (nSPS) is 11.3. The second-order valence-corrected chi connectivity index (χ2v) is 7.22. The lowest BCUT2D eigenvalue weighted by Gasteiger charge is -2.20. The Morgan fingerprint density at radius 3 is 2.39 bits per heavy atom. The van der Waals surface area contributed by atoms with E-state index in [1.165, 1.54) is 5.56 Å². The zero-order valence-electron chi connectivity index (χ0n) is 16.5. The third-order valence-corrected chi connectivity index (χ3v) is 4.66. The molecule has 142 valence electrons. The number of fused-ring (bicyclic) bond motifs is 1. The summed E-state index contributed by atoms with van der Waals surface area (Å²) >= 11 is 0.